The lowest BCUT2D eigenvalue weighted by atomic mass is 9.95. The monoisotopic (exact) mass is 403 g/mol. The van der Waals surface area contributed by atoms with Crippen molar-refractivity contribution in [1.82, 2.24) is 5.32 Å². The first-order valence-electron chi connectivity index (χ1n) is 9.23. The van der Waals surface area contributed by atoms with E-state index in [4.69, 9.17) is 15.2 Å². The van der Waals surface area contributed by atoms with Crippen molar-refractivity contribution < 1.29 is 19.1 Å². The Morgan fingerprint density at radius 3 is 2.61 bits per heavy atom. The van der Waals surface area contributed by atoms with Gasteiger partial charge in [-0.3, -0.25) is 10.1 Å². The molecule has 0 radical (unpaired) electrons. The summed E-state index contributed by atoms with van der Waals surface area (Å²) in [5.74, 6) is 0.831. The van der Waals surface area contributed by atoms with Gasteiger partial charge < -0.3 is 20.5 Å². The lowest BCUT2D eigenvalue weighted by molar-refractivity contribution is 0.100. The number of hydrogen-bond donors (Lipinski definition) is 3. The van der Waals surface area contributed by atoms with E-state index >= 15 is 0 Å². The number of aryl methyl sites for hydroxylation is 1. The standard InChI is InChI=1S/C20H25N3O4S/c1-26-14-8-7-12(11-15(14)27-2)9-10-22-20(25)23-19-17(18(21)24)13-5-3-4-6-16(13)28-19/h7-8,11H,3-6,9-10H2,1-2H3,(H2,21,24)(H2,22,23,25). The molecule has 0 bridgehead atoms. The summed E-state index contributed by atoms with van der Waals surface area (Å²) < 4.78 is 10.5. The molecule has 1 aromatic carbocycles. The van der Waals surface area contributed by atoms with Crippen LogP contribution in [-0.4, -0.2) is 32.7 Å². The van der Waals surface area contributed by atoms with Crippen LogP contribution in [0.25, 0.3) is 0 Å². The first-order chi connectivity index (χ1) is 13.5. The number of fused-ring (bicyclic) bond motifs is 1. The highest BCUT2D eigenvalue weighted by molar-refractivity contribution is 7.17. The van der Waals surface area contributed by atoms with Crippen LogP contribution in [0.15, 0.2) is 18.2 Å². The molecule has 3 amide bonds. The number of urea groups is 1. The fraction of sp³-hybridized carbons (Fsp3) is 0.400. The molecular formula is C20H25N3O4S. The molecule has 0 unspecified atom stereocenters. The van der Waals surface area contributed by atoms with Gasteiger partial charge in [0.25, 0.3) is 5.91 Å². The van der Waals surface area contributed by atoms with Crippen molar-refractivity contribution in [3.63, 3.8) is 0 Å². The molecule has 0 saturated heterocycles. The summed E-state index contributed by atoms with van der Waals surface area (Å²) in [6, 6.07) is 5.31. The number of rotatable bonds is 7. The zero-order valence-electron chi connectivity index (χ0n) is 16.1. The molecule has 7 nitrogen and oxygen atoms in total. The molecule has 150 valence electrons. The SMILES string of the molecule is COc1ccc(CCNC(=O)Nc2sc3c(c2C(N)=O)CCCC3)cc1OC. The lowest BCUT2D eigenvalue weighted by Gasteiger charge is -2.11. The van der Waals surface area contributed by atoms with E-state index in [0.29, 0.717) is 35.0 Å². The van der Waals surface area contributed by atoms with Crippen LogP contribution in [-0.2, 0) is 19.3 Å². The molecule has 0 saturated carbocycles. The third-order valence-corrected chi connectivity index (χ3v) is 6.00. The van der Waals surface area contributed by atoms with E-state index in [-0.39, 0.29) is 6.03 Å². The molecule has 8 heteroatoms. The first kappa shape index (κ1) is 20.0. The predicted octanol–water partition coefficient (Wildman–Crippen LogP) is 3.11. The number of carbonyl (C=O) groups excluding carboxylic acids is 2. The van der Waals surface area contributed by atoms with Gasteiger partial charge >= 0.3 is 6.03 Å². The second-order valence-corrected chi connectivity index (χ2v) is 7.70. The quantitative estimate of drug-likeness (QED) is 0.661. The molecule has 1 heterocycles. The average molecular weight is 404 g/mol. The minimum Gasteiger partial charge on any atom is -0.493 e. The van der Waals surface area contributed by atoms with E-state index in [1.807, 2.05) is 18.2 Å². The minimum absolute atomic E-state index is 0.346. The molecule has 0 atom stereocenters. The molecule has 1 aliphatic rings. The summed E-state index contributed by atoms with van der Waals surface area (Å²) in [6.45, 7) is 0.443. The van der Waals surface area contributed by atoms with Crippen molar-refractivity contribution in [2.24, 2.45) is 5.73 Å². The number of amides is 3. The zero-order valence-corrected chi connectivity index (χ0v) is 16.9. The number of hydrogen-bond acceptors (Lipinski definition) is 5. The van der Waals surface area contributed by atoms with Gasteiger partial charge in [0.1, 0.15) is 5.00 Å². The minimum atomic E-state index is -0.486. The number of anilines is 1. The van der Waals surface area contributed by atoms with E-state index in [9.17, 15) is 9.59 Å². The van der Waals surface area contributed by atoms with Crippen LogP contribution in [0.4, 0.5) is 9.80 Å². The van der Waals surface area contributed by atoms with E-state index in [0.717, 1.165) is 41.7 Å². The molecule has 0 spiro atoms. The molecule has 3 rings (SSSR count). The van der Waals surface area contributed by atoms with Crippen molar-refractivity contribution in [3.05, 3.63) is 39.8 Å². The summed E-state index contributed by atoms with van der Waals surface area (Å²) in [5.41, 5.74) is 8.05. The second-order valence-electron chi connectivity index (χ2n) is 6.60. The maximum absolute atomic E-state index is 12.3. The van der Waals surface area contributed by atoms with E-state index in [2.05, 4.69) is 10.6 Å². The molecule has 1 aromatic heterocycles. The Balaban J connectivity index is 1.59. The van der Waals surface area contributed by atoms with Gasteiger partial charge in [0.05, 0.1) is 19.8 Å². The predicted molar refractivity (Wildman–Crippen MR) is 110 cm³/mol. The molecule has 2 aromatic rings. The van der Waals surface area contributed by atoms with Gasteiger partial charge in [-0.1, -0.05) is 6.07 Å². The maximum atomic E-state index is 12.3. The van der Waals surface area contributed by atoms with Crippen LogP contribution in [0, 0.1) is 0 Å². The molecule has 28 heavy (non-hydrogen) atoms. The van der Waals surface area contributed by atoms with Crippen molar-refractivity contribution in [2.75, 3.05) is 26.1 Å². The Labute approximate surface area is 168 Å². The topological polar surface area (TPSA) is 103 Å². The van der Waals surface area contributed by atoms with Gasteiger partial charge in [0, 0.05) is 11.4 Å². The highest BCUT2D eigenvalue weighted by Gasteiger charge is 2.24. The van der Waals surface area contributed by atoms with Crippen LogP contribution in [0.5, 0.6) is 11.5 Å². The Morgan fingerprint density at radius 1 is 1.14 bits per heavy atom. The Bertz CT molecular complexity index is 879. The Morgan fingerprint density at radius 2 is 1.89 bits per heavy atom. The van der Waals surface area contributed by atoms with Crippen LogP contribution in [0.3, 0.4) is 0 Å². The highest BCUT2D eigenvalue weighted by atomic mass is 32.1. The molecule has 1 aliphatic carbocycles. The molecular weight excluding hydrogens is 378 g/mol. The number of benzene rings is 1. The van der Waals surface area contributed by atoms with E-state index in [1.165, 1.54) is 11.3 Å². The smallest absolute Gasteiger partial charge is 0.319 e. The van der Waals surface area contributed by atoms with Crippen LogP contribution in [0.1, 0.15) is 39.2 Å². The number of nitrogens with two attached hydrogens (primary N) is 1. The summed E-state index contributed by atoms with van der Waals surface area (Å²) in [5, 5.41) is 6.17. The fourth-order valence-electron chi connectivity index (χ4n) is 3.42. The van der Waals surface area contributed by atoms with Crippen LogP contribution >= 0.6 is 11.3 Å². The average Bonchev–Trinajstić information content (AvgIpc) is 3.05. The maximum Gasteiger partial charge on any atom is 0.319 e. The summed E-state index contributed by atoms with van der Waals surface area (Å²) in [4.78, 5) is 25.3. The van der Waals surface area contributed by atoms with Gasteiger partial charge in [-0.25, -0.2) is 4.79 Å². The van der Waals surface area contributed by atoms with Crippen LogP contribution < -0.4 is 25.8 Å². The van der Waals surface area contributed by atoms with Crippen molar-refractivity contribution in [1.29, 1.82) is 0 Å². The molecule has 0 fully saturated rings. The number of methoxy groups -OCH3 is 2. The number of nitrogens with one attached hydrogen (secondary N) is 2. The van der Waals surface area contributed by atoms with Gasteiger partial charge in [0.2, 0.25) is 0 Å². The van der Waals surface area contributed by atoms with Gasteiger partial charge in [-0.2, -0.15) is 0 Å². The van der Waals surface area contributed by atoms with Crippen LogP contribution in [0.2, 0.25) is 0 Å². The second kappa shape index (κ2) is 8.97. The Hall–Kier alpha value is -2.74. The number of carbonyl (C=O) groups is 2. The largest absolute Gasteiger partial charge is 0.493 e. The van der Waals surface area contributed by atoms with E-state index < -0.39 is 5.91 Å². The lowest BCUT2D eigenvalue weighted by Crippen LogP contribution is -2.31. The number of thiophene rings is 1. The fourth-order valence-corrected chi connectivity index (χ4v) is 4.71. The summed E-state index contributed by atoms with van der Waals surface area (Å²) >= 11 is 1.45. The number of ether oxygens (including phenoxy) is 2. The van der Waals surface area contributed by atoms with Crippen molar-refractivity contribution in [3.8, 4) is 11.5 Å². The van der Waals surface area contributed by atoms with Gasteiger partial charge in [-0.05, 0) is 55.4 Å². The summed E-state index contributed by atoms with van der Waals surface area (Å²) in [7, 11) is 3.18. The highest BCUT2D eigenvalue weighted by Crippen LogP contribution is 2.37. The zero-order chi connectivity index (χ0) is 20.1. The molecule has 0 aliphatic heterocycles. The summed E-state index contributed by atoms with van der Waals surface area (Å²) in [6.07, 6.45) is 4.55. The van der Waals surface area contributed by atoms with Crippen molar-refractivity contribution in [2.45, 2.75) is 32.1 Å². The molecule has 4 N–H and O–H groups in total. The van der Waals surface area contributed by atoms with E-state index in [1.54, 1.807) is 14.2 Å². The van der Waals surface area contributed by atoms with Gasteiger partial charge in [0.15, 0.2) is 11.5 Å². The van der Waals surface area contributed by atoms with Crippen molar-refractivity contribution >= 4 is 28.3 Å². The Kier molecular flexibility index (Phi) is 6.41. The third kappa shape index (κ3) is 4.39. The first-order valence-corrected chi connectivity index (χ1v) is 10.0. The third-order valence-electron chi connectivity index (χ3n) is 4.79. The normalized spacial score (nSPS) is 12.8. The number of primary amides is 1. The van der Waals surface area contributed by atoms with Gasteiger partial charge in [-0.15, -0.1) is 11.3 Å².